The predicted molar refractivity (Wildman–Crippen MR) is 64.5 cm³/mol. The van der Waals surface area contributed by atoms with Gasteiger partial charge in [-0.2, -0.15) is 0 Å². The minimum absolute atomic E-state index is 0.174. The predicted octanol–water partition coefficient (Wildman–Crippen LogP) is 1.11. The van der Waals surface area contributed by atoms with Crippen LogP contribution in [0.2, 0.25) is 0 Å². The molecule has 8 heteroatoms. The van der Waals surface area contributed by atoms with Crippen molar-refractivity contribution in [2.24, 2.45) is 0 Å². The molecule has 0 aliphatic carbocycles. The Hall–Kier alpha value is -0.340. The molecule has 0 aliphatic heterocycles. The second-order valence-electron chi connectivity index (χ2n) is 2.88. The summed E-state index contributed by atoms with van der Waals surface area (Å²) >= 11 is 2.86. The first kappa shape index (κ1) is 12.7. The lowest BCUT2D eigenvalue weighted by molar-refractivity contribution is 0.603. The Bertz CT molecular complexity index is 401. The molecule has 0 spiro atoms. The van der Waals surface area contributed by atoms with Gasteiger partial charge in [-0.1, -0.05) is 23.1 Å². The molecule has 1 aromatic rings. The fraction of sp³-hybridized carbons (Fsp3) is 0.714. The highest BCUT2D eigenvalue weighted by Crippen LogP contribution is 2.25. The average Bonchev–Trinajstić information content (AvgIpc) is 2.51. The lowest BCUT2D eigenvalue weighted by atomic mass is 10.8. The van der Waals surface area contributed by atoms with Gasteiger partial charge in [-0.15, -0.1) is 10.2 Å². The lowest BCUT2D eigenvalue weighted by Gasteiger charge is -1.95. The summed E-state index contributed by atoms with van der Waals surface area (Å²) < 4.78 is 22.5. The fourth-order valence-corrected chi connectivity index (χ4v) is 3.86. The molecule has 1 aromatic heterocycles. The first-order valence-electron chi connectivity index (χ1n) is 4.39. The van der Waals surface area contributed by atoms with Gasteiger partial charge in [0, 0.05) is 18.6 Å². The van der Waals surface area contributed by atoms with Crippen molar-refractivity contribution in [2.45, 2.75) is 11.3 Å². The van der Waals surface area contributed by atoms with Crippen molar-refractivity contribution in [3.8, 4) is 0 Å². The zero-order chi connectivity index (χ0) is 11.3. The van der Waals surface area contributed by atoms with Crippen LogP contribution in [0.1, 0.15) is 6.92 Å². The molecule has 0 atom stereocenters. The van der Waals surface area contributed by atoms with E-state index in [1.165, 1.54) is 29.4 Å². The molecule has 0 saturated carbocycles. The summed E-state index contributed by atoms with van der Waals surface area (Å²) in [6.07, 6.45) is 1.23. The van der Waals surface area contributed by atoms with E-state index in [9.17, 15) is 8.42 Å². The summed E-state index contributed by atoms with van der Waals surface area (Å²) in [5, 5.41) is 11.7. The second-order valence-corrected chi connectivity index (χ2v) is 7.46. The Morgan fingerprint density at radius 1 is 1.47 bits per heavy atom. The van der Waals surface area contributed by atoms with E-state index in [2.05, 4.69) is 15.5 Å². The van der Waals surface area contributed by atoms with E-state index in [0.717, 1.165) is 16.0 Å². The average molecular weight is 267 g/mol. The van der Waals surface area contributed by atoms with Crippen molar-refractivity contribution in [2.75, 3.05) is 29.6 Å². The van der Waals surface area contributed by atoms with E-state index in [1.54, 1.807) is 0 Å². The first-order chi connectivity index (χ1) is 7.01. The maximum atomic E-state index is 10.9. The van der Waals surface area contributed by atoms with E-state index in [-0.39, 0.29) is 5.75 Å². The normalized spacial score (nSPS) is 11.6. The van der Waals surface area contributed by atoms with Gasteiger partial charge in [0.25, 0.3) is 0 Å². The molecular weight excluding hydrogens is 254 g/mol. The largest absolute Gasteiger partial charge is 0.360 e. The molecule has 0 bridgehead atoms. The van der Waals surface area contributed by atoms with Crippen LogP contribution in [-0.4, -0.2) is 42.9 Å². The van der Waals surface area contributed by atoms with Crippen LogP contribution in [0.15, 0.2) is 4.34 Å². The summed E-state index contributed by atoms with van der Waals surface area (Å²) in [4.78, 5) is 0. The van der Waals surface area contributed by atoms with Crippen LogP contribution in [0.25, 0.3) is 0 Å². The molecule has 1 N–H and O–H groups in total. The Morgan fingerprint density at radius 2 is 2.20 bits per heavy atom. The second kappa shape index (κ2) is 5.66. The molecule has 0 unspecified atom stereocenters. The van der Waals surface area contributed by atoms with Crippen molar-refractivity contribution in [3.63, 3.8) is 0 Å². The van der Waals surface area contributed by atoms with Crippen molar-refractivity contribution in [1.29, 1.82) is 0 Å². The third-order valence-electron chi connectivity index (χ3n) is 1.41. The van der Waals surface area contributed by atoms with Crippen molar-refractivity contribution >= 4 is 38.1 Å². The van der Waals surface area contributed by atoms with E-state index in [1.807, 2.05) is 6.92 Å². The molecule has 5 nitrogen and oxygen atoms in total. The van der Waals surface area contributed by atoms with Crippen LogP contribution in [0.5, 0.6) is 0 Å². The van der Waals surface area contributed by atoms with Gasteiger partial charge in [-0.05, 0) is 6.92 Å². The topological polar surface area (TPSA) is 72.0 Å². The summed E-state index contributed by atoms with van der Waals surface area (Å²) in [5.74, 6) is 0.702. The van der Waals surface area contributed by atoms with Crippen LogP contribution >= 0.6 is 23.1 Å². The van der Waals surface area contributed by atoms with E-state index in [4.69, 9.17) is 0 Å². The summed E-state index contributed by atoms with van der Waals surface area (Å²) in [5.41, 5.74) is 0. The number of anilines is 1. The minimum atomic E-state index is -2.88. The molecule has 15 heavy (non-hydrogen) atoms. The van der Waals surface area contributed by atoms with E-state index in [0.29, 0.717) is 5.75 Å². The number of rotatable bonds is 6. The number of nitrogens with zero attached hydrogens (tertiary/aromatic N) is 2. The van der Waals surface area contributed by atoms with E-state index >= 15 is 0 Å². The Morgan fingerprint density at radius 3 is 2.80 bits per heavy atom. The van der Waals surface area contributed by atoms with Crippen LogP contribution in [0.4, 0.5) is 5.13 Å². The van der Waals surface area contributed by atoms with Crippen molar-refractivity contribution in [1.82, 2.24) is 10.2 Å². The monoisotopic (exact) mass is 267 g/mol. The van der Waals surface area contributed by atoms with Gasteiger partial charge in [0.1, 0.15) is 9.84 Å². The van der Waals surface area contributed by atoms with Gasteiger partial charge >= 0.3 is 0 Å². The number of hydrogen-bond acceptors (Lipinski definition) is 7. The third kappa shape index (κ3) is 5.33. The number of thioether (sulfide) groups is 1. The van der Waals surface area contributed by atoms with Gasteiger partial charge < -0.3 is 5.32 Å². The number of sulfone groups is 1. The van der Waals surface area contributed by atoms with Gasteiger partial charge in [0.2, 0.25) is 5.13 Å². The number of nitrogens with one attached hydrogen (secondary N) is 1. The smallest absolute Gasteiger partial charge is 0.206 e. The highest BCUT2D eigenvalue weighted by molar-refractivity contribution is 8.02. The quantitative estimate of drug-likeness (QED) is 0.778. The molecule has 1 heterocycles. The summed E-state index contributed by atoms with van der Waals surface area (Å²) in [6.45, 7) is 2.79. The SMILES string of the molecule is CCNc1nnc(SCCS(C)(=O)=O)s1. The molecule has 1 rings (SSSR count). The van der Waals surface area contributed by atoms with Gasteiger partial charge in [-0.25, -0.2) is 8.42 Å². The van der Waals surface area contributed by atoms with Gasteiger partial charge in [0.15, 0.2) is 4.34 Å². The standard InChI is InChI=1S/C7H13N3O2S3/c1-3-8-6-9-10-7(14-6)13-4-5-15(2,11)12/h3-5H2,1-2H3,(H,8,9). The summed E-state index contributed by atoms with van der Waals surface area (Å²) in [7, 11) is -2.88. The van der Waals surface area contributed by atoms with Gasteiger partial charge in [0.05, 0.1) is 5.75 Å². The molecule has 0 radical (unpaired) electrons. The van der Waals surface area contributed by atoms with Gasteiger partial charge in [-0.3, -0.25) is 0 Å². The molecular formula is C7H13N3O2S3. The highest BCUT2D eigenvalue weighted by atomic mass is 32.2. The molecule has 0 fully saturated rings. The van der Waals surface area contributed by atoms with Crippen molar-refractivity contribution in [3.05, 3.63) is 0 Å². The van der Waals surface area contributed by atoms with Crippen LogP contribution in [0, 0.1) is 0 Å². The number of aromatic nitrogens is 2. The minimum Gasteiger partial charge on any atom is -0.360 e. The fourth-order valence-electron chi connectivity index (χ4n) is 0.771. The number of hydrogen-bond donors (Lipinski definition) is 1. The van der Waals surface area contributed by atoms with Crippen LogP contribution in [0.3, 0.4) is 0 Å². The Labute approximate surface area is 97.6 Å². The maximum absolute atomic E-state index is 10.9. The first-order valence-corrected chi connectivity index (χ1v) is 8.25. The zero-order valence-corrected chi connectivity index (χ0v) is 11.0. The highest BCUT2D eigenvalue weighted by Gasteiger charge is 2.06. The molecule has 0 aliphatic rings. The van der Waals surface area contributed by atoms with Crippen LogP contribution in [-0.2, 0) is 9.84 Å². The third-order valence-corrected chi connectivity index (χ3v) is 4.63. The summed E-state index contributed by atoms with van der Waals surface area (Å²) in [6, 6.07) is 0. The molecule has 0 saturated heterocycles. The lowest BCUT2D eigenvalue weighted by Crippen LogP contribution is -2.04. The maximum Gasteiger partial charge on any atom is 0.206 e. The van der Waals surface area contributed by atoms with Crippen LogP contribution < -0.4 is 5.32 Å². The zero-order valence-electron chi connectivity index (χ0n) is 8.56. The Balaban J connectivity index is 2.38. The molecule has 86 valence electrons. The van der Waals surface area contributed by atoms with Crippen molar-refractivity contribution < 1.29 is 8.42 Å². The molecule has 0 amide bonds. The Kier molecular flexibility index (Phi) is 4.81. The van der Waals surface area contributed by atoms with E-state index < -0.39 is 9.84 Å². The molecule has 0 aromatic carbocycles.